The first-order valence-electron chi connectivity index (χ1n) is 6.02. The minimum atomic E-state index is -1.09. The van der Waals surface area contributed by atoms with Crippen LogP contribution in [0.25, 0.3) is 0 Å². The molecule has 4 nitrogen and oxygen atoms in total. The molecule has 1 aliphatic rings. The number of carbonyl (C=O) groups is 1. The van der Waals surface area contributed by atoms with Gasteiger partial charge in [-0.15, -0.1) is 0 Å². The summed E-state index contributed by atoms with van der Waals surface area (Å²) in [4.78, 5) is 17.1. The van der Waals surface area contributed by atoms with Crippen molar-refractivity contribution < 1.29 is 14.3 Å². The van der Waals surface area contributed by atoms with Crippen LogP contribution in [0.15, 0.2) is 30.3 Å². The van der Waals surface area contributed by atoms with Gasteiger partial charge in [0.1, 0.15) is 22.4 Å². The molecule has 1 N–H and O–H groups in total. The predicted octanol–water partition coefficient (Wildman–Crippen LogP) is 3.27. The lowest BCUT2D eigenvalue weighted by atomic mass is 10.1. The van der Waals surface area contributed by atoms with Crippen molar-refractivity contribution >= 4 is 29.1 Å². The molecule has 1 aromatic carbocycles. The van der Waals surface area contributed by atoms with E-state index < -0.39 is 5.97 Å². The molecule has 0 bridgehead atoms. The van der Waals surface area contributed by atoms with E-state index in [0.717, 1.165) is 5.56 Å². The molecule has 102 valence electrons. The fourth-order valence-electron chi connectivity index (χ4n) is 2.37. The topological polar surface area (TPSA) is 53.4 Å². The van der Waals surface area contributed by atoms with Crippen molar-refractivity contribution in [3.8, 4) is 0 Å². The maximum atomic E-state index is 13.4. The van der Waals surface area contributed by atoms with Crippen LogP contribution in [0.2, 0.25) is 5.15 Å². The third-order valence-corrected chi connectivity index (χ3v) is 3.48. The first-order valence-corrected chi connectivity index (χ1v) is 6.40. The van der Waals surface area contributed by atoms with Gasteiger partial charge in [0.2, 0.25) is 0 Å². The number of halogens is 2. The largest absolute Gasteiger partial charge is 0.478 e. The number of rotatable bonds is 2. The molecule has 0 atom stereocenters. The highest BCUT2D eigenvalue weighted by atomic mass is 35.5. The Hall–Kier alpha value is -2.14. The van der Waals surface area contributed by atoms with Crippen LogP contribution >= 0.6 is 11.6 Å². The number of nitrogens with zero attached hydrogens (tertiary/aromatic N) is 2. The van der Waals surface area contributed by atoms with Crippen molar-refractivity contribution in [1.82, 2.24) is 4.98 Å². The molecule has 6 heteroatoms. The van der Waals surface area contributed by atoms with Gasteiger partial charge in [0.05, 0.1) is 0 Å². The molecule has 1 aromatic heterocycles. The summed E-state index contributed by atoms with van der Waals surface area (Å²) in [6.45, 7) is 0.548. The lowest BCUT2D eigenvalue weighted by Gasteiger charge is -2.20. The summed E-state index contributed by atoms with van der Waals surface area (Å²) in [7, 11) is 0. The minimum Gasteiger partial charge on any atom is -0.478 e. The summed E-state index contributed by atoms with van der Waals surface area (Å²) in [5.74, 6) is -1.21. The Labute approximate surface area is 119 Å². The molecule has 0 saturated carbocycles. The smallest absolute Gasteiger partial charge is 0.339 e. The van der Waals surface area contributed by atoms with Crippen LogP contribution in [0.5, 0.6) is 0 Å². The number of hydrogen-bond acceptors (Lipinski definition) is 3. The van der Waals surface area contributed by atoms with Crippen molar-refractivity contribution in [1.29, 1.82) is 0 Å². The molecule has 0 saturated heterocycles. The Morgan fingerprint density at radius 1 is 1.35 bits per heavy atom. The Morgan fingerprint density at radius 2 is 2.15 bits per heavy atom. The summed E-state index contributed by atoms with van der Waals surface area (Å²) in [5.41, 5.74) is 1.65. The van der Waals surface area contributed by atoms with Gasteiger partial charge in [-0.3, -0.25) is 0 Å². The van der Waals surface area contributed by atoms with E-state index in [-0.39, 0.29) is 22.4 Å². The standard InChI is InChI=1S/C14H10ClFN2O2/c15-12-4-3-10(14(19)20)13(17-12)18-6-5-8-1-2-9(16)7-11(8)18/h1-4,7H,5-6H2,(H,19,20). The molecular weight excluding hydrogens is 283 g/mol. The van der Waals surface area contributed by atoms with Gasteiger partial charge in [-0.05, 0) is 36.2 Å². The van der Waals surface area contributed by atoms with Gasteiger partial charge in [-0.25, -0.2) is 14.2 Å². The van der Waals surface area contributed by atoms with E-state index in [4.69, 9.17) is 11.6 Å². The zero-order valence-corrected chi connectivity index (χ0v) is 11.1. The molecule has 0 amide bonds. The van der Waals surface area contributed by atoms with Crippen molar-refractivity contribution in [2.45, 2.75) is 6.42 Å². The number of benzene rings is 1. The molecule has 0 aliphatic carbocycles. The second kappa shape index (κ2) is 4.76. The fraction of sp³-hybridized carbons (Fsp3) is 0.143. The number of aromatic nitrogens is 1. The number of pyridine rings is 1. The summed E-state index contributed by atoms with van der Waals surface area (Å²) in [6.07, 6.45) is 0.711. The van der Waals surface area contributed by atoms with E-state index >= 15 is 0 Å². The third-order valence-electron chi connectivity index (χ3n) is 3.27. The zero-order chi connectivity index (χ0) is 14.3. The van der Waals surface area contributed by atoms with E-state index in [1.807, 2.05) is 0 Å². The molecule has 0 unspecified atom stereocenters. The quantitative estimate of drug-likeness (QED) is 0.863. The predicted molar refractivity (Wildman–Crippen MR) is 73.3 cm³/mol. The highest BCUT2D eigenvalue weighted by Crippen LogP contribution is 2.36. The second-order valence-corrected chi connectivity index (χ2v) is 4.87. The Balaban J connectivity index is 2.14. The van der Waals surface area contributed by atoms with Crippen LogP contribution < -0.4 is 4.90 Å². The highest BCUT2D eigenvalue weighted by molar-refractivity contribution is 6.29. The van der Waals surface area contributed by atoms with Gasteiger partial charge in [0.25, 0.3) is 0 Å². The van der Waals surface area contributed by atoms with Crippen LogP contribution in [0.3, 0.4) is 0 Å². The molecule has 0 spiro atoms. The Morgan fingerprint density at radius 3 is 2.90 bits per heavy atom. The zero-order valence-electron chi connectivity index (χ0n) is 10.3. The number of hydrogen-bond donors (Lipinski definition) is 1. The summed E-state index contributed by atoms with van der Waals surface area (Å²) < 4.78 is 13.4. The van der Waals surface area contributed by atoms with Crippen LogP contribution in [0.4, 0.5) is 15.9 Å². The Kier molecular flexibility index (Phi) is 3.06. The normalized spacial score (nSPS) is 13.4. The SMILES string of the molecule is O=C(O)c1ccc(Cl)nc1N1CCc2ccc(F)cc21. The lowest BCUT2D eigenvalue weighted by molar-refractivity contribution is 0.0697. The molecule has 20 heavy (non-hydrogen) atoms. The third kappa shape index (κ3) is 2.10. The van der Waals surface area contributed by atoms with E-state index in [1.54, 1.807) is 11.0 Å². The molecule has 2 aromatic rings. The Bertz CT molecular complexity index is 706. The maximum Gasteiger partial charge on any atom is 0.339 e. The number of anilines is 2. The monoisotopic (exact) mass is 292 g/mol. The summed E-state index contributed by atoms with van der Waals surface area (Å²) in [6, 6.07) is 7.32. The molecule has 0 fully saturated rings. The van der Waals surface area contributed by atoms with Gasteiger partial charge >= 0.3 is 5.97 Å². The number of fused-ring (bicyclic) bond motifs is 1. The number of aromatic carboxylic acids is 1. The molecule has 0 radical (unpaired) electrons. The van der Waals surface area contributed by atoms with Gasteiger partial charge in [0.15, 0.2) is 0 Å². The minimum absolute atomic E-state index is 0.0477. The average molecular weight is 293 g/mol. The number of carboxylic acids is 1. The molecule has 2 heterocycles. The van der Waals surface area contributed by atoms with E-state index in [1.165, 1.54) is 24.3 Å². The second-order valence-electron chi connectivity index (χ2n) is 4.48. The van der Waals surface area contributed by atoms with Crippen LogP contribution in [0, 0.1) is 5.82 Å². The van der Waals surface area contributed by atoms with Gasteiger partial charge < -0.3 is 10.0 Å². The fourth-order valence-corrected chi connectivity index (χ4v) is 2.51. The van der Waals surface area contributed by atoms with Gasteiger partial charge in [-0.2, -0.15) is 0 Å². The first kappa shape index (κ1) is 12.9. The van der Waals surface area contributed by atoms with Gasteiger partial charge in [-0.1, -0.05) is 17.7 Å². The van der Waals surface area contributed by atoms with Crippen LogP contribution in [0.1, 0.15) is 15.9 Å². The maximum absolute atomic E-state index is 13.4. The molecular formula is C14H10ClFN2O2. The average Bonchev–Trinajstić information content (AvgIpc) is 2.81. The van der Waals surface area contributed by atoms with Gasteiger partial charge in [0, 0.05) is 12.2 Å². The van der Waals surface area contributed by atoms with Crippen molar-refractivity contribution in [3.63, 3.8) is 0 Å². The molecule has 3 rings (SSSR count). The first-order chi connectivity index (χ1) is 9.56. The summed E-state index contributed by atoms with van der Waals surface area (Å²) >= 11 is 5.85. The van der Waals surface area contributed by atoms with Crippen LogP contribution in [-0.2, 0) is 6.42 Å². The number of carboxylic acid groups (broad SMARTS) is 1. The molecule has 1 aliphatic heterocycles. The lowest BCUT2D eigenvalue weighted by Crippen LogP contribution is -2.18. The van der Waals surface area contributed by atoms with E-state index in [2.05, 4.69) is 4.98 Å². The van der Waals surface area contributed by atoms with E-state index in [0.29, 0.717) is 18.7 Å². The van der Waals surface area contributed by atoms with Crippen molar-refractivity contribution in [2.75, 3.05) is 11.4 Å². The van der Waals surface area contributed by atoms with Crippen molar-refractivity contribution in [3.05, 3.63) is 52.4 Å². The van der Waals surface area contributed by atoms with Crippen molar-refractivity contribution in [2.24, 2.45) is 0 Å². The summed E-state index contributed by atoms with van der Waals surface area (Å²) in [5, 5.41) is 9.44. The highest BCUT2D eigenvalue weighted by Gasteiger charge is 2.26. The van der Waals surface area contributed by atoms with Crippen LogP contribution in [-0.4, -0.2) is 22.6 Å². The van der Waals surface area contributed by atoms with E-state index in [9.17, 15) is 14.3 Å².